The third-order valence-electron chi connectivity index (χ3n) is 2.15. The third-order valence-corrected chi connectivity index (χ3v) is 2.15. The summed E-state index contributed by atoms with van der Waals surface area (Å²) in [7, 11) is 0. The molecule has 0 aromatic heterocycles. The molecule has 0 aromatic rings. The van der Waals surface area contributed by atoms with Crippen molar-refractivity contribution in [3.05, 3.63) is 35.5 Å². The van der Waals surface area contributed by atoms with E-state index in [2.05, 4.69) is 45.9 Å². The van der Waals surface area contributed by atoms with Crippen LogP contribution in [0.4, 0.5) is 0 Å². The van der Waals surface area contributed by atoms with E-state index in [4.69, 9.17) is 0 Å². The minimum absolute atomic E-state index is 0.628. The molecular weight excluding hydrogens is 144 g/mol. The first-order chi connectivity index (χ1) is 5.63. The van der Waals surface area contributed by atoms with Gasteiger partial charge in [0.25, 0.3) is 0 Å². The Kier molecular flexibility index (Phi) is 2.91. The molecule has 0 aliphatic heterocycles. The summed E-state index contributed by atoms with van der Waals surface area (Å²) in [5, 5.41) is 0. The highest BCUT2D eigenvalue weighted by Gasteiger charge is 2.12. The summed E-state index contributed by atoms with van der Waals surface area (Å²) in [4.78, 5) is 0. The van der Waals surface area contributed by atoms with Crippen LogP contribution < -0.4 is 0 Å². The molecule has 12 heavy (non-hydrogen) atoms. The molecule has 0 heterocycles. The van der Waals surface area contributed by atoms with Gasteiger partial charge in [-0.25, -0.2) is 0 Å². The summed E-state index contributed by atoms with van der Waals surface area (Å²) >= 11 is 0. The van der Waals surface area contributed by atoms with Gasteiger partial charge >= 0.3 is 0 Å². The molecule has 1 rings (SSSR count). The van der Waals surface area contributed by atoms with Crippen LogP contribution in [0.5, 0.6) is 0 Å². The van der Waals surface area contributed by atoms with Crippen LogP contribution in [-0.4, -0.2) is 0 Å². The molecule has 0 fully saturated rings. The molecule has 0 atom stereocenters. The molecule has 0 unspecified atom stereocenters. The Morgan fingerprint density at radius 3 is 2.08 bits per heavy atom. The van der Waals surface area contributed by atoms with Gasteiger partial charge in [-0.1, -0.05) is 51.5 Å². The van der Waals surface area contributed by atoms with Gasteiger partial charge in [-0.05, 0) is 23.5 Å². The molecular formula is C12H17. The smallest absolute Gasteiger partial charge is 0.0106 e. The average Bonchev–Trinajstić information content (AvgIpc) is 2.37. The zero-order chi connectivity index (χ0) is 9.14. The van der Waals surface area contributed by atoms with Crippen molar-refractivity contribution in [2.45, 2.75) is 27.7 Å². The molecule has 1 aliphatic rings. The van der Waals surface area contributed by atoms with Crippen molar-refractivity contribution in [1.82, 2.24) is 0 Å². The second kappa shape index (κ2) is 3.75. The van der Waals surface area contributed by atoms with Crippen LogP contribution in [0.1, 0.15) is 27.7 Å². The Hall–Kier alpha value is -0.780. The minimum atomic E-state index is 0.628. The molecule has 1 aliphatic carbocycles. The van der Waals surface area contributed by atoms with Gasteiger partial charge < -0.3 is 0 Å². The van der Waals surface area contributed by atoms with Crippen LogP contribution in [0, 0.1) is 17.9 Å². The fourth-order valence-electron chi connectivity index (χ4n) is 1.80. The molecule has 0 N–H and O–H groups in total. The standard InChI is InChI=1S/C12H17/c1-9(2)12(10(3)4)11-7-5-6-8-11/h5-7,9-10H,1-4H3. The lowest BCUT2D eigenvalue weighted by Gasteiger charge is -2.17. The summed E-state index contributed by atoms with van der Waals surface area (Å²) in [6, 6.07) is 0. The van der Waals surface area contributed by atoms with Crippen molar-refractivity contribution >= 4 is 0 Å². The van der Waals surface area contributed by atoms with E-state index in [1.54, 1.807) is 0 Å². The van der Waals surface area contributed by atoms with Crippen molar-refractivity contribution in [1.29, 1.82) is 0 Å². The van der Waals surface area contributed by atoms with Crippen molar-refractivity contribution in [2.75, 3.05) is 0 Å². The van der Waals surface area contributed by atoms with E-state index in [0.717, 1.165) is 0 Å². The predicted octanol–water partition coefficient (Wildman–Crippen LogP) is 3.52. The second-order valence-corrected chi connectivity index (χ2v) is 3.85. The van der Waals surface area contributed by atoms with Crippen LogP contribution in [0.2, 0.25) is 0 Å². The van der Waals surface area contributed by atoms with E-state index in [9.17, 15) is 0 Å². The highest BCUT2D eigenvalue weighted by atomic mass is 14.2. The van der Waals surface area contributed by atoms with Crippen molar-refractivity contribution < 1.29 is 0 Å². The molecule has 0 spiro atoms. The molecule has 0 amide bonds. The van der Waals surface area contributed by atoms with Crippen LogP contribution in [0.25, 0.3) is 0 Å². The lowest BCUT2D eigenvalue weighted by atomic mass is 9.88. The molecule has 0 saturated carbocycles. The highest BCUT2D eigenvalue weighted by Crippen LogP contribution is 2.26. The number of rotatable bonds is 2. The Labute approximate surface area is 75.7 Å². The fraction of sp³-hybridized carbons (Fsp3) is 0.500. The van der Waals surface area contributed by atoms with E-state index in [1.165, 1.54) is 11.1 Å². The molecule has 65 valence electrons. The Morgan fingerprint density at radius 2 is 1.75 bits per heavy atom. The quantitative estimate of drug-likeness (QED) is 0.581. The van der Waals surface area contributed by atoms with Gasteiger partial charge in [-0.2, -0.15) is 0 Å². The average molecular weight is 161 g/mol. The van der Waals surface area contributed by atoms with Gasteiger partial charge in [0.15, 0.2) is 0 Å². The first kappa shape index (κ1) is 9.31. The number of allylic oxidation sites excluding steroid dienone is 6. The predicted molar refractivity (Wildman–Crippen MR) is 53.7 cm³/mol. The highest BCUT2D eigenvalue weighted by molar-refractivity contribution is 5.40. The normalized spacial score (nSPS) is 15.3. The van der Waals surface area contributed by atoms with Gasteiger partial charge in [0, 0.05) is 0 Å². The van der Waals surface area contributed by atoms with E-state index in [1.807, 2.05) is 6.08 Å². The lowest BCUT2D eigenvalue weighted by molar-refractivity contribution is 0.620. The zero-order valence-corrected chi connectivity index (χ0v) is 8.39. The number of hydrogen-bond acceptors (Lipinski definition) is 0. The summed E-state index contributed by atoms with van der Waals surface area (Å²) in [5.41, 5.74) is 2.81. The maximum atomic E-state index is 3.26. The van der Waals surface area contributed by atoms with Gasteiger partial charge in [0.05, 0.1) is 0 Å². The molecule has 0 bridgehead atoms. The van der Waals surface area contributed by atoms with Crippen molar-refractivity contribution in [2.24, 2.45) is 11.8 Å². The van der Waals surface area contributed by atoms with E-state index in [0.29, 0.717) is 11.8 Å². The van der Waals surface area contributed by atoms with E-state index in [-0.39, 0.29) is 0 Å². The summed E-state index contributed by atoms with van der Waals surface area (Å²) < 4.78 is 0. The maximum Gasteiger partial charge on any atom is -0.0106 e. The monoisotopic (exact) mass is 161 g/mol. The van der Waals surface area contributed by atoms with Crippen LogP contribution >= 0.6 is 0 Å². The van der Waals surface area contributed by atoms with Gasteiger partial charge in [0.1, 0.15) is 0 Å². The SMILES string of the molecule is CC(C)C(=C1[C]=CC=C1)C(C)C. The fourth-order valence-corrected chi connectivity index (χ4v) is 1.80. The summed E-state index contributed by atoms with van der Waals surface area (Å²) in [5.74, 6) is 1.26. The molecule has 0 aromatic carbocycles. The van der Waals surface area contributed by atoms with Crippen LogP contribution in [0.3, 0.4) is 0 Å². The largest absolute Gasteiger partial charge is 0.0610 e. The third kappa shape index (κ3) is 1.88. The first-order valence-electron chi connectivity index (χ1n) is 4.63. The van der Waals surface area contributed by atoms with Gasteiger partial charge in [-0.3, -0.25) is 0 Å². The van der Waals surface area contributed by atoms with Crippen molar-refractivity contribution in [3.63, 3.8) is 0 Å². The molecule has 0 saturated heterocycles. The van der Waals surface area contributed by atoms with Gasteiger partial charge in [0.2, 0.25) is 0 Å². The number of hydrogen-bond donors (Lipinski definition) is 0. The van der Waals surface area contributed by atoms with E-state index >= 15 is 0 Å². The van der Waals surface area contributed by atoms with Crippen LogP contribution in [-0.2, 0) is 0 Å². The zero-order valence-electron chi connectivity index (χ0n) is 8.39. The summed E-state index contributed by atoms with van der Waals surface area (Å²) in [6.45, 7) is 8.98. The Balaban J connectivity index is 2.99. The van der Waals surface area contributed by atoms with E-state index < -0.39 is 0 Å². The second-order valence-electron chi connectivity index (χ2n) is 3.85. The maximum absolute atomic E-state index is 3.26. The Morgan fingerprint density at radius 1 is 1.17 bits per heavy atom. The van der Waals surface area contributed by atoms with Gasteiger partial charge in [-0.15, -0.1) is 0 Å². The van der Waals surface area contributed by atoms with Crippen molar-refractivity contribution in [3.8, 4) is 0 Å². The molecule has 0 heteroatoms. The summed E-state index contributed by atoms with van der Waals surface area (Å²) in [6.07, 6.45) is 9.45. The molecule has 0 nitrogen and oxygen atoms in total. The first-order valence-corrected chi connectivity index (χ1v) is 4.63. The lowest BCUT2D eigenvalue weighted by Crippen LogP contribution is -2.04. The Bertz CT molecular complexity index is 213. The molecule has 1 radical (unpaired) electrons. The minimum Gasteiger partial charge on any atom is -0.0610 e. The topological polar surface area (TPSA) is 0 Å². The van der Waals surface area contributed by atoms with Crippen LogP contribution in [0.15, 0.2) is 29.4 Å².